The zero-order valence-corrected chi connectivity index (χ0v) is 28.7. The molecular formula is C35H48N2O10. The minimum atomic E-state index is -0.871. The summed E-state index contributed by atoms with van der Waals surface area (Å²) in [5.41, 5.74) is 0.516. The molecule has 1 aliphatic heterocycles. The second-order valence-corrected chi connectivity index (χ2v) is 12.2. The minimum Gasteiger partial charge on any atom is -0.493 e. The minimum absolute atomic E-state index is 0.132. The van der Waals surface area contributed by atoms with Gasteiger partial charge in [-0.15, -0.1) is 0 Å². The Morgan fingerprint density at radius 2 is 1.23 bits per heavy atom. The summed E-state index contributed by atoms with van der Waals surface area (Å²) in [6.07, 6.45) is 0.255. The fourth-order valence-corrected chi connectivity index (χ4v) is 6.95. The van der Waals surface area contributed by atoms with E-state index in [1.807, 2.05) is 0 Å². The van der Waals surface area contributed by atoms with E-state index < -0.39 is 30.0 Å². The summed E-state index contributed by atoms with van der Waals surface area (Å²) < 4.78 is 39.7. The van der Waals surface area contributed by atoms with E-state index in [1.165, 1.54) is 42.7 Å². The van der Waals surface area contributed by atoms with E-state index in [-0.39, 0.29) is 51.6 Å². The first-order chi connectivity index (χ1) is 22.6. The fourth-order valence-electron chi connectivity index (χ4n) is 6.95. The van der Waals surface area contributed by atoms with Crippen molar-refractivity contribution in [1.29, 1.82) is 0 Å². The molecule has 12 nitrogen and oxygen atoms in total. The first-order valence-corrected chi connectivity index (χ1v) is 16.0. The van der Waals surface area contributed by atoms with Crippen LogP contribution in [0, 0.1) is 23.7 Å². The molecule has 12 heteroatoms. The van der Waals surface area contributed by atoms with Gasteiger partial charge in [-0.25, -0.2) is 4.79 Å². The second-order valence-electron chi connectivity index (χ2n) is 12.2. The lowest BCUT2D eigenvalue weighted by molar-refractivity contribution is -0.0236. The third-order valence-electron chi connectivity index (χ3n) is 9.08. The topological polar surface area (TPSA) is 131 Å². The molecule has 1 saturated carbocycles. The number of carbonyl (C=O) groups is 3. The number of hydrogen-bond donors (Lipinski definition) is 1. The van der Waals surface area contributed by atoms with Crippen LogP contribution in [0.5, 0.6) is 34.5 Å². The highest BCUT2D eigenvalue weighted by Crippen LogP contribution is 2.49. The van der Waals surface area contributed by atoms with Crippen LogP contribution in [0.15, 0.2) is 24.3 Å². The SMILES string of the molecule is COc1ccc(C(=O)C2CCC(OC(=O)N3CCNCC3)C(CC(C)C)C2C(=O)c2ccc(OC)c(OC)c2OC)c(OC)c1OC. The van der Waals surface area contributed by atoms with Crippen molar-refractivity contribution in [3.05, 3.63) is 35.4 Å². The van der Waals surface area contributed by atoms with Gasteiger partial charge >= 0.3 is 6.09 Å². The molecule has 1 N–H and O–H groups in total. The number of Topliss-reactive ketones (excluding diaryl/α,β-unsaturated/α-hetero) is 2. The molecule has 1 saturated heterocycles. The lowest BCUT2D eigenvalue weighted by Gasteiger charge is -2.43. The van der Waals surface area contributed by atoms with E-state index in [0.29, 0.717) is 56.9 Å². The van der Waals surface area contributed by atoms with E-state index >= 15 is 0 Å². The number of ether oxygens (including phenoxy) is 7. The number of nitrogens with zero attached hydrogens (tertiary/aromatic N) is 1. The summed E-state index contributed by atoms with van der Waals surface area (Å²) in [5, 5.41) is 3.25. The van der Waals surface area contributed by atoms with Gasteiger partial charge in [0.15, 0.2) is 34.6 Å². The van der Waals surface area contributed by atoms with Crippen LogP contribution >= 0.6 is 0 Å². The van der Waals surface area contributed by atoms with E-state index in [0.717, 1.165) is 0 Å². The molecule has 2 aromatic carbocycles. The molecule has 2 fully saturated rings. The molecular weight excluding hydrogens is 608 g/mol. The van der Waals surface area contributed by atoms with Crippen LogP contribution in [-0.4, -0.2) is 97.5 Å². The van der Waals surface area contributed by atoms with Crippen molar-refractivity contribution in [2.24, 2.45) is 23.7 Å². The van der Waals surface area contributed by atoms with Gasteiger partial charge in [0.25, 0.3) is 0 Å². The van der Waals surface area contributed by atoms with Crippen molar-refractivity contribution in [3.63, 3.8) is 0 Å². The average Bonchev–Trinajstić information content (AvgIpc) is 3.09. The molecule has 4 unspecified atom stereocenters. The number of benzene rings is 2. The third kappa shape index (κ3) is 7.37. The Kier molecular flexibility index (Phi) is 12.2. The number of amides is 1. The normalized spacial score (nSPS) is 21.1. The quantitative estimate of drug-likeness (QED) is 0.295. The van der Waals surface area contributed by atoms with Crippen LogP contribution in [0.3, 0.4) is 0 Å². The van der Waals surface area contributed by atoms with Gasteiger partial charge in [0.2, 0.25) is 11.5 Å². The van der Waals surface area contributed by atoms with Gasteiger partial charge in [0.05, 0.1) is 53.8 Å². The van der Waals surface area contributed by atoms with Gasteiger partial charge in [-0.2, -0.15) is 0 Å². The lowest BCUT2D eigenvalue weighted by atomic mass is 9.63. The Balaban J connectivity index is 1.85. The van der Waals surface area contributed by atoms with E-state index in [9.17, 15) is 14.4 Å². The predicted molar refractivity (Wildman–Crippen MR) is 175 cm³/mol. The molecule has 2 aliphatic rings. The number of piperazine rings is 1. The van der Waals surface area contributed by atoms with Crippen LogP contribution in [0.25, 0.3) is 0 Å². The smallest absolute Gasteiger partial charge is 0.410 e. The number of hydrogen-bond acceptors (Lipinski definition) is 11. The van der Waals surface area contributed by atoms with Crippen LogP contribution in [-0.2, 0) is 4.74 Å². The highest BCUT2D eigenvalue weighted by atomic mass is 16.6. The van der Waals surface area contributed by atoms with E-state index in [4.69, 9.17) is 33.2 Å². The maximum atomic E-state index is 14.9. The van der Waals surface area contributed by atoms with Crippen LogP contribution in [0.1, 0.15) is 53.8 Å². The monoisotopic (exact) mass is 656 g/mol. The molecule has 47 heavy (non-hydrogen) atoms. The third-order valence-corrected chi connectivity index (χ3v) is 9.08. The molecule has 1 heterocycles. The summed E-state index contributed by atoms with van der Waals surface area (Å²) >= 11 is 0. The summed E-state index contributed by atoms with van der Waals surface area (Å²) in [4.78, 5) is 44.6. The van der Waals surface area contributed by atoms with Crippen LogP contribution in [0.2, 0.25) is 0 Å². The van der Waals surface area contributed by atoms with Gasteiger partial charge in [-0.05, 0) is 49.4 Å². The molecule has 0 radical (unpaired) electrons. The number of rotatable bonds is 13. The Hall–Kier alpha value is -4.19. The Labute approximate surface area is 276 Å². The van der Waals surface area contributed by atoms with Gasteiger partial charge < -0.3 is 43.4 Å². The first kappa shape index (κ1) is 35.7. The summed E-state index contributed by atoms with van der Waals surface area (Å²) in [5.74, 6) is -0.794. The zero-order chi connectivity index (χ0) is 34.2. The van der Waals surface area contributed by atoms with Crippen LogP contribution in [0.4, 0.5) is 4.79 Å². The number of methoxy groups -OCH3 is 6. The number of carbonyl (C=O) groups excluding carboxylic acids is 3. The highest BCUT2D eigenvalue weighted by Gasteiger charge is 2.49. The van der Waals surface area contributed by atoms with Gasteiger partial charge in [0.1, 0.15) is 6.10 Å². The average molecular weight is 657 g/mol. The Morgan fingerprint density at radius 1 is 0.723 bits per heavy atom. The summed E-state index contributed by atoms with van der Waals surface area (Å²) in [6, 6.07) is 6.55. The molecule has 0 aromatic heterocycles. The molecule has 1 aliphatic carbocycles. The largest absolute Gasteiger partial charge is 0.493 e. The molecule has 4 rings (SSSR count). The Bertz CT molecular complexity index is 1420. The molecule has 2 aromatic rings. The second kappa shape index (κ2) is 16.1. The van der Waals surface area contributed by atoms with E-state index in [1.54, 1.807) is 29.2 Å². The zero-order valence-electron chi connectivity index (χ0n) is 28.7. The van der Waals surface area contributed by atoms with Crippen molar-refractivity contribution in [3.8, 4) is 34.5 Å². The number of nitrogens with one attached hydrogen (secondary N) is 1. The van der Waals surface area contributed by atoms with Gasteiger partial charge in [0, 0.05) is 43.9 Å². The van der Waals surface area contributed by atoms with Crippen LogP contribution < -0.4 is 33.7 Å². The molecule has 258 valence electrons. The lowest BCUT2D eigenvalue weighted by Crippen LogP contribution is -2.51. The Morgan fingerprint density at radius 3 is 1.70 bits per heavy atom. The molecule has 1 amide bonds. The van der Waals surface area contributed by atoms with Gasteiger partial charge in [-0.3, -0.25) is 9.59 Å². The van der Waals surface area contributed by atoms with Crippen molar-refractivity contribution in [2.75, 3.05) is 68.8 Å². The van der Waals surface area contributed by atoms with Crippen molar-refractivity contribution in [2.45, 2.75) is 39.2 Å². The maximum Gasteiger partial charge on any atom is 0.410 e. The molecule has 0 bridgehead atoms. The summed E-state index contributed by atoms with van der Waals surface area (Å²) in [7, 11) is 8.86. The highest BCUT2D eigenvalue weighted by molar-refractivity contribution is 6.08. The van der Waals surface area contributed by atoms with Crippen molar-refractivity contribution >= 4 is 17.7 Å². The number of ketones is 2. The molecule has 0 spiro atoms. The molecule has 4 atom stereocenters. The van der Waals surface area contributed by atoms with Crippen molar-refractivity contribution in [1.82, 2.24) is 10.2 Å². The fraction of sp³-hybridized carbons (Fsp3) is 0.571. The maximum absolute atomic E-state index is 14.9. The summed E-state index contributed by atoms with van der Waals surface area (Å²) in [6.45, 7) is 6.53. The standard InChI is InChI=1S/C35H48N2O10/c1-20(2)19-24-25(47-35(40)37-17-15-36-16-18-37)12-9-21(29(38)22-10-13-26(41-3)33(45-7)31(22)43-5)28(24)30(39)23-11-14-27(42-4)34(46-8)32(23)44-6/h10-11,13-14,20-21,24-25,28,36H,9,12,15-19H2,1-8H3. The van der Waals surface area contributed by atoms with Gasteiger partial charge in [-0.1, -0.05) is 13.8 Å². The first-order valence-electron chi connectivity index (χ1n) is 16.0. The van der Waals surface area contributed by atoms with E-state index in [2.05, 4.69) is 19.2 Å². The predicted octanol–water partition coefficient (Wildman–Crippen LogP) is 4.90. The van der Waals surface area contributed by atoms with Crippen molar-refractivity contribution < 1.29 is 47.5 Å².